The summed E-state index contributed by atoms with van der Waals surface area (Å²) in [6.45, 7) is 3.45. The maximum atomic E-state index is 13.7. The number of aryl methyl sites for hydroxylation is 2. The molecule has 3 aromatic rings. The van der Waals surface area contributed by atoms with Crippen LogP contribution in [-0.2, 0) is 0 Å². The van der Waals surface area contributed by atoms with Gasteiger partial charge >= 0.3 is 6.01 Å². The standard InChI is InChI=1S/C19H16FN3O2/c1-12-17(23-18(24)14-8-4-3-5-9-14)13(2)22-19(21-12)25-16-11-7-6-10-15(16)20/h3-11H,1-2H3,(H,23,24). The molecule has 0 aliphatic heterocycles. The minimum absolute atomic E-state index is 0.0258. The summed E-state index contributed by atoms with van der Waals surface area (Å²) in [5, 5.41) is 2.80. The number of hydrogen-bond donors (Lipinski definition) is 1. The fraction of sp³-hybridized carbons (Fsp3) is 0.105. The molecule has 3 rings (SSSR count). The van der Waals surface area contributed by atoms with Crippen LogP contribution in [0.1, 0.15) is 21.7 Å². The molecule has 0 radical (unpaired) electrons. The van der Waals surface area contributed by atoms with E-state index in [0.717, 1.165) is 0 Å². The van der Waals surface area contributed by atoms with Gasteiger partial charge in [0.1, 0.15) is 0 Å². The number of carbonyl (C=O) groups is 1. The lowest BCUT2D eigenvalue weighted by Gasteiger charge is -2.12. The first kappa shape index (κ1) is 16.6. The van der Waals surface area contributed by atoms with Crippen molar-refractivity contribution >= 4 is 11.6 Å². The Labute approximate surface area is 144 Å². The number of nitrogens with zero attached hydrogens (tertiary/aromatic N) is 2. The van der Waals surface area contributed by atoms with E-state index in [9.17, 15) is 9.18 Å². The first-order valence-electron chi connectivity index (χ1n) is 7.68. The SMILES string of the molecule is Cc1nc(Oc2ccccc2F)nc(C)c1NC(=O)c1ccccc1. The van der Waals surface area contributed by atoms with Gasteiger partial charge in [0, 0.05) is 5.56 Å². The summed E-state index contributed by atoms with van der Waals surface area (Å²) in [6.07, 6.45) is 0. The summed E-state index contributed by atoms with van der Waals surface area (Å²) >= 11 is 0. The number of nitrogens with one attached hydrogen (secondary N) is 1. The third-order valence-electron chi connectivity index (χ3n) is 3.56. The smallest absolute Gasteiger partial charge is 0.322 e. The van der Waals surface area contributed by atoms with Crippen LogP contribution in [0.4, 0.5) is 10.1 Å². The normalized spacial score (nSPS) is 10.4. The summed E-state index contributed by atoms with van der Waals surface area (Å²) in [5.41, 5.74) is 2.11. The van der Waals surface area contributed by atoms with E-state index in [4.69, 9.17) is 4.74 Å². The molecule has 0 saturated heterocycles. The van der Waals surface area contributed by atoms with E-state index in [1.807, 2.05) is 6.07 Å². The molecule has 1 aromatic heterocycles. The molecule has 6 heteroatoms. The number of halogens is 1. The number of rotatable bonds is 4. The average molecular weight is 337 g/mol. The molecule has 1 amide bonds. The molecule has 1 N–H and O–H groups in total. The predicted octanol–water partition coefficient (Wildman–Crippen LogP) is 4.28. The van der Waals surface area contributed by atoms with Crippen LogP contribution in [0.2, 0.25) is 0 Å². The molecule has 25 heavy (non-hydrogen) atoms. The molecule has 5 nitrogen and oxygen atoms in total. The van der Waals surface area contributed by atoms with Crippen molar-refractivity contribution in [3.8, 4) is 11.8 Å². The van der Waals surface area contributed by atoms with Crippen molar-refractivity contribution in [3.05, 3.63) is 77.4 Å². The molecule has 1 heterocycles. The fourth-order valence-corrected chi connectivity index (χ4v) is 2.31. The van der Waals surface area contributed by atoms with Crippen molar-refractivity contribution in [1.29, 1.82) is 0 Å². The Morgan fingerprint density at radius 1 is 0.960 bits per heavy atom. The van der Waals surface area contributed by atoms with Crippen molar-refractivity contribution in [1.82, 2.24) is 9.97 Å². The van der Waals surface area contributed by atoms with Gasteiger partial charge in [0.2, 0.25) is 0 Å². The van der Waals surface area contributed by atoms with Gasteiger partial charge < -0.3 is 10.1 Å². The number of hydrogen-bond acceptors (Lipinski definition) is 4. The number of amides is 1. The topological polar surface area (TPSA) is 64.1 Å². The zero-order valence-electron chi connectivity index (χ0n) is 13.8. The summed E-state index contributed by atoms with van der Waals surface area (Å²) in [5.74, 6) is -0.705. The van der Waals surface area contributed by atoms with E-state index in [-0.39, 0.29) is 17.7 Å². The van der Waals surface area contributed by atoms with Crippen LogP contribution in [0, 0.1) is 19.7 Å². The average Bonchev–Trinajstić information content (AvgIpc) is 2.61. The summed E-state index contributed by atoms with van der Waals surface area (Å²) in [6, 6.07) is 14.9. The largest absolute Gasteiger partial charge is 0.421 e. The van der Waals surface area contributed by atoms with E-state index in [1.54, 1.807) is 50.2 Å². The van der Waals surface area contributed by atoms with Gasteiger partial charge in [0.15, 0.2) is 11.6 Å². The van der Waals surface area contributed by atoms with Gasteiger partial charge in [-0.25, -0.2) is 4.39 Å². The Morgan fingerprint density at radius 2 is 1.56 bits per heavy atom. The quantitative estimate of drug-likeness (QED) is 0.772. The number of anilines is 1. The Morgan fingerprint density at radius 3 is 2.20 bits per heavy atom. The second-order valence-corrected chi connectivity index (χ2v) is 5.40. The number of carbonyl (C=O) groups excluding carboxylic acids is 1. The fourth-order valence-electron chi connectivity index (χ4n) is 2.31. The highest BCUT2D eigenvalue weighted by Crippen LogP contribution is 2.25. The number of aromatic nitrogens is 2. The first-order valence-corrected chi connectivity index (χ1v) is 7.68. The lowest BCUT2D eigenvalue weighted by Crippen LogP contribution is -2.15. The summed E-state index contributed by atoms with van der Waals surface area (Å²) < 4.78 is 19.1. The molecular weight excluding hydrogens is 321 g/mol. The van der Waals surface area contributed by atoms with Crippen molar-refractivity contribution in [2.24, 2.45) is 0 Å². The third-order valence-corrected chi connectivity index (χ3v) is 3.56. The van der Waals surface area contributed by atoms with Crippen molar-refractivity contribution in [3.63, 3.8) is 0 Å². The third kappa shape index (κ3) is 3.80. The molecular formula is C19H16FN3O2. The number of benzene rings is 2. The molecule has 126 valence electrons. The van der Waals surface area contributed by atoms with E-state index in [1.165, 1.54) is 12.1 Å². The zero-order valence-corrected chi connectivity index (χ0v) is 13.8. The van der Waals surface area contributed by atoms with Crippen LogP contribution in [-0.4, -0.2) is 15.9 Å². The molecule has 0 bridgehead atoms. The van der Waals surface area contributed by atoms with E-state index >= 15 is 0 Å². The minimum atomic E-state index is -0.497. The summed E-state index contributed by atoms with van der Waals surface area (Å²) in [7, 11) is 0. The van der Waals surface area contributed by atoms with E-state index in [0.29, 0.717) is 22.6 Å². The second-order valence-electron chi connectivity index (χ2n) is 5.40. The van der Waals surface area contributed by atoms with Crippen LogP contribution in [0.15, 0.2) is 54.6 Å². The van der Waals surface area contributed by atoms with Crippen LogP contribution in [0.25, 0.3) is 0 Å². The summed E-state index contributed by atoms with van der Waals surface area (Å²) in [4.78, 5) is 20.7. The first-order chi connectivity index (χ1) is 12.0. The molecule has 0 saturated carbocycles. The van der Waals surface area contributed by atoms with Crippen LogP contribution in [0.3, 0.4) is 0 Å². The van der Waals surface area contributed by atoms with E-state index in [2.05, 4.69) is 15.3 Å². The lowest BCUT2D eigenvalue weighted by molar-refractivity contribution is 0.102. The molecule has 2 aromatic carbocycles. The van der Waals surface area contributed by atoms with Gasteiger partial charge in [-0.1, -0.05) is 30.3 Å². The zero-order chi connectivity index (χ0) is 17.8. The molecule has 0 unspecified atom stereocenters. The molecule has 0 atom stereocenters. The van der Waals surface area contributed by atoms with Gasteiger partial charge in [0.25, 0.3) is 5.91 Å². The molecule has 0 aliphatic rings. The van der Waals surface area contributed by atoms with Crippen molar-refractivity contribution in [2.45, 2.75) is 13.8 Å². The highest BCUT2D eigenvalue weighted by atomic mass is 19.1. The Balaban J connectivity index is 1.83. The Hall–Kier alpha value is -3.28. The highest BCUT2D eigenvalue weighted by Gasteiger charge is 2.14. The highest BCUT2D eigenvalue weighted by molar-refractivity contribution is 6.04. The Kier molecular flexibility index (Phi) is 4.70. The van der Waals surface area contributed by atoms with Crippen LogP contribution >= 0.6 is 0 Å². The lowest BCUT2D eigenvalue weighted by atomic mass is 10.2. The predicted molar refractivity (Wildman–Crippen MR) is 92.4 cm³/mol. The molecule has 0 fully saturated rings. The number of ether oxygens (including phenoxy) is 1. The van der Waals surface area contributed by atoms with Crippen molar-refractivity contribution < 1.29 is 13.9 Å². The maximum absolute atomic E-state index is 13.7. The second kappa shape index (κ2) is 7.09. The molecule has 0 spiro atoms. The number of para-hydroxylation sites is 1. The maximum Gasteiger partial charge on any atom is 0.322 e. The monoisotopic (exact) mass is 337 g/mol. The van der Waals surface area contributed by atoms with Gasteiger partial charge in [0.05, 0.1) is 17.1 Å². The van der Waals surface area contributed by atoms with Gasteiger partial charge in [-0.3, -0.25) is 4.79 Å². The van der Waals surface area contributed by atoms with Gasteiger partial charge in [-0.2, -0.15) is 9.97 Å². The van der Waals surface area contributed by atoms with Gasteiger partial charge in [-0.05, 0) is 38.1 Å². The van der Waals surface area contributed by atoms with E-state index < -0.39 is 5.82 Å². The molecule has 0 aliphatic carbocycles. The Bertz CT molecular complexity index is 891. The minimum Gasteiger partial charge on any atom is -0.421 e. The van der Waals surface area contributed by atoms with Gasteiger partial charge in [-0.15, -0.1) is 0 Å². The van der Waals surface area contributed by atoms with Crippen LogP contribution in [0.5, 0.6) is 11.8 Å². The van der Waals surface area contributed by atoms with Crippen molar-refractivity contribution in [2.75, 3.05) is 5.32 Å². The van der Waals surface area contributed by atoms with Crippen LogP contribution < -0.4 is 10.1 Å².